The molecule has 0 radical (unpaired) electrons. The summed E-state index contributed by atoms with van der Waals surface area (Å²) in [6.45, 7) is 11.3. The molecule has 0 spiro atoms. The van der Waals surface area contributed by atoms with Crippen LogP contribution in [0, 0.1) is 39.9 Å². The highest BCUT2D eigenvalue weighted by atomic mass is 16.3. The summed E-state index contributed by atoms with van der Waals surface area (Å²) in [7, 11) is 0. The van der Waals surface area contributed by atoms with E-state index in [-0.39, 0.29) is 5.92 Å². The minimum atomic E-state index is -0.779. The largest absolute Gasteiger partial charge is 0.388 e. The van der Waals surface area contributed by atoms with Crippen molar-refractivity contribution >= 4 is 0 Å². The highest BCUT2D eigenvalue weighted by Crippen LogP contribution is 2.57. The maximum atomic E-state index is 11.4. The smallest absolute Gasteiger partial charge is 0.0863 e. The molecule has 21 heavy (non-hydrogen) atoms. The molecule has 2 atom stereocenters. The fraction of sp³-hybridized carbons (Fsp3) is 0.947. The van der Waals surface area contributed by atoms with Crippen molar-refractivity contribution in [3.63, 3.8) is 0 Å². The van der Waals surface area contributed by atoms with Gasteiger partial charge in [0.25, 0.3) is 0 Å². The molecule has 2 nitrogen and oxygen atoms in total. The van der Waals surface area contributed by atoms with Gasteiger partial charge in [0.05, 0.1) is 17.1 Å². The zero-order valence-corrected chi connectivity index (χ0v) is 14.6. The maximum Gasteiger partial charge on any atom is 0.0863 e. The molecule has 2 fully saturated rings. The van der Waals surface area contributed by atoms with E-state index >= 15 is 0 Å². The van der Waals surface area contributed by atoms with E-state index in [9.17, 15) is 10.4 Å². The van der Waals surface area contributed by atoms with Crippen molar-refractivity contribution in [1.29, 1.82) is 5.26 Å². The van der Waals surface area contributed by atoms with E-state index in [1.807, 2.05) is 0 Å². The van der Waals surface area contributed by atoms with Crippen LogP contribution in [-0.2, 0) is 0 Å². The lowest BCUT2D eigenvalue weighted by Gasteiger charge is -2.54. The Morgan fingerprint density at radius 2 is 1.67 bits per heavy atom. The Labute approximate surface area is 130 Å². The van der Waals surface area contributed by atoms with Crippen molar-refractivity contribution in [3.05, 3.63) is 0 Å². The van der Waals surface area contributed by atoms with Crippen LogP contribution >= 0.6 is 0 Å². The molecule has 0 aromatic heterocycles. The van der Waals surface area contributed by atoms with E-state index in [0.29, 0.717) is 11.3 Å². The maximum absolute atomic E-state index is 11.4. The third-order valence-corrected chi connectivity index (χ3v) is 6.73. The van der Waals surface area contributed by atoms with Gasteiger partial charge in [-0.25, -0.2) is 0 Å². The average Bonchev–Trinajstić information content (AvgIpc) is 2.43. The van der Waals surface area contributed by atoms with Gasteiger partial charge in [-0.3, -0.25) is 0 Å². The molecule has 120 valence electrons. The molecule has 0 heterocycles. The summed E-state index contributed by atoms with van der Waals surface area (Å²) in [4.78, 5) is 0. The fourth-order valence-electron chi connectivity index (χ4n) is 5.03. The molecule has 2 rings (SSSR count). The first-order valence-corrected chi connectivity index (χ1v) is 8.79. The van der Waals surface area contributed by atoms with Gasteiger partial charge >= 0.3 is 0 Å². The Bertz CT molecular complexity index is 412. The van der Waals surface area contributed by atoms with Crippen LogP contribution in [0.15, 0.2) is 0 Å². The van der Waals surface area contributed by atoms with Gasteiger partial charge in [-0.2, -0.15) is 5.26 Å². The van der Waals surface area contributed by atoms with Crippen LogP contribution in [-0.4, -0.2) is 10.7 Å². The molecule has 0 aromatic rings. The molecule has 0 aromatic carbocycles. The second kappa shape index (κ2) is 5.58. The van der Waals surface area contributed by atoms with E-state index in [1.165, 1.54) is 0 Å². The van der Waals surface area contributed by atoms with Crippen LogP contribution < -0.4 is 0 Å². The van der Waals surface area contributed by atoms with Gasteiger partial charge in [0, 0.05) is 0 Å². The lowest BCUT2D eigenvalue weighted by atomic mass is 9.52. The molecule has 2 aliphatic rings. The number of aliphatic hydroxyl groups is 1. The molecule has 0 bridgehead atoms. The van der Waals surface area contributed by atoms with Crippen LogP contribution in [0.25, 0.3) is 0 Å². The highest BCUT2D eigenvalue weighted by Gasteiger charge is 2.57. The molecule has 2 aliphatic carbocycles. The number of hydrogen-bond donors (Lipinski definition) is 1. The van der Waals surface area contributed by atoms with Crippen molar-refractivity contribution in [3.8, 4) is 6.07 Å². The zero-order chi connectivity index (χ0) is 15.9. The summed E-state index contributed by atoms with van der Waals surface area (Å²) in [5.74, 6) is 1.64. The van der Waals surface area contributed by atoms with Crippen LogP contribution in [0.2, 0.25) is 0 Å². The molecule has 2 saturated carbocycles. The molecule has 0 saturated heterocycles. The van der Waals surface area contributed by atoms with Crippen molar-refractivity contribution in [2.75, 3.05) is 0 Å². The van der Waals surface area contributed by atoms with E-state index < -0.39 is 11.0 Å². The Balaban J connectivity index is 2.20. The van der Waals surface area contributed by atoms with Gasteiger partial charge in [0.2, 0.25) is 0 Å². The topological polar surface area (TPSA) is 44.0 Å². The van der Waals surface area contributed by atoms with Gasteiger partial charge in [-0.1, -0.05) is 34.6 Å². The van der Waals surface area contributed by atoms with E-state index in [2.05, 4.69) is 40.7 Å². The van der Waals surface area contributed by atoms with Crippen molar-refractivity contribution in [2.45, 2.75) is 85.2 Å². The number of hydrogen-bond acceptors (Lipinski definition) is 2. The predicted molar refractivity (Wildman–Crippen MR) is 86.6 cm³/mol. The van der Waals surface area contributed by atoms with E-state index in [1.54, 1.807) is 0 Å². The van der Waals surface area contributed by atoms with Crippen molar-refractivity contribution in [2.24, 2.45) is 28.6 Å². The van der Waals surface area contributed by atoms with Crippen molar-refractivity contribution in [1.82, 2.24) is 0 Å². The first kappa shape index (κ1) is 16.8. The van der Waals surface area contributed by atoms with Crippen LogP contribution in [0.4, 0.5) is 0 Å². The second-order valence-corrected chi connectivity index (χ2v) is 8.97. The summed E-state index contributed by atoms with van der Waals surface area (Å²) in [6.07, 6.45) is 6.82. The van der Waals surface area contributed by atoms with E-state index in [4.69, 9.17) is 0 Å². The quantitative estimate of drug-likeness (QED) is 0.784. The minimum absolute atomic E-state index is 0.219. The Morgan fingerprint density at radius 3 is 2.10 bits per heavy atom. The lowest BCUT2D eigenvalue weighted by Crippen LogP contribution is -2.57. The van der Waals surface area contributed by atoms with Crippen LogP contribution in [0.5, 0.6) is 0 Å². The SMILES string of the molecule is CC(C)C1CCC(C#N)(C2(O)CCC(C)(C)CC2C)CC1. The molecule has 1 N–H and O–H groups in total. The van der Waals surface area contributed by atoms with Crippen LogP contribution in [0.1, 0.15) is 79.6 Å². The summed E-state index contributed by atoms with van der Waals surface area (Å²) in [6, 6.07) is 2.59. The first-order chi connectivity index (χ1) is 9.66. The Hall–Kier alpha value is -0.550. The molecular weight excluding hydrogens is 258 g/mol. The normalized spacial score (nSPS) is 43.5. The predicted octanol–water partition coefficient (Wildman–Crippen LogP) is 4.92. The number of nitrogens with zero attached hydrogens (tertiary/aromatic N) is 1. The Kier molecular flexibility index (Phi) is 4.47. The standard InChI is InChI=1S/C19H33NO/c1-14(2)16-6-8-18(13-20,9-7-16)19(21)11-10-17(4,5)12-15(19)3/h14-16,21H,6-12H2,1-5H3. The number of nitriles is 1. The molecule has 2 unspecified atom stereocenters. The van der Waals surface area contributed by atoms with E-state index in [0.717, 1.165) is 50.9 Å². The summed E-state index contributed by atoms with van der Waals surface area (Å²) >= 11 is 0. The lowest BCUT2D eigenvalue weighted by molar-refractivity contribution is -0.153. The summed E-state index contributed by atoms with van der Waals surface area (Å²) < 4.78 is 0. The summed E-state index contributed by atoms with van der Waals surface area (Å²) in [5.41, 5.74) is -0.981. The summed E-state index contributed by atoms with van der Waals surface area (Å²) in [5, 5.41) is 21.4. The molecule has 2 heteroatoms. The van der Waals surface area contributed by atoms with Crippen molar-refractivity contribution < 1.29 is 5.11 Å². The average molecular weight is 291 g/mol. The highest BCUT2D eigenvalue weighted by molar-refractivity contribution is 5.16. The van der Waals surface area contributed by atoms with Gasteiger partial charge in [-0.15, -0.1) is 0 Å². The number of rotatable bonds is 2. The third kappa shape index (κ3) is 2.87. The van der Waals surface area contributed by atoms with Crippen LogP contribution in [0.3, 0.4) is 0 Å². The monoisotopic (exact) mass is 291 g/mol. The minimum Gasteiger partial charge on any atom is -0.388 e. The third-order valence-electron chi connectivity index (χ3n) is 6.73. The molecule has 0 aliphatic heterocycles. The zero-order valence-electron chi connectivity index (χ0n) is 14.6. The van der Waals surface area contributed by atoms with Gasteiger partial charge in [-0.05, 0) is 68.1 Å². The molecular formula is C19H33NO. The first-order valence-electron chi connectivity index (χ1n) is 8.79. The van der Waals surface area contributed by atoms with Gasteiger partial charge < -0.3 is 5.11 Å². The fourth-order valence-corrected chi connectivity index (χ4v) is 5.03. The second-order valence-electron chi connectivity index (χ2n) is 8.97. The van der Waals surface area contributed by atoms with Gasteiger partial charge in [0.15, 0.2) is 0 Å². The van der Waals surface area contributed by atoms with Gasteiger partial charge in [0.1, 0.15) is 0 Å². The molecule has 0 amide bonds. The Morgan fingerprint density at radius 1 is 1.10 bits per heavy atom.